The lowest BCUT2D eigenvalue weighted by atomic mass is 10.3. The molecular formula is C13H12ClN3O3S. The van der Waals surface area contributed by atoms with Gasteiger partial charge < -0.3 is 15.7 Å². The van der Waals surface area contributed by atoms with Crippen molar-refractivity contribution in [1.29, 1.82) is 0 Å². The van der Waals surface area contributed by atoms with E-state index < -0.39 is 18.0 Å². The van der Waals surface area contributed by atoms with E-state index in [2.05, 4.69) is 15.6 Å². The molecule has 21 heavy (non-hydrogen) atoms. The number of halogens is 1. The Bertz CT molecular complexity index is 674. The molecule has 1 aromatic heterocycles. The number of aromatic nitrogens is 1. The summed E-state index contributed by atoms with van der Waals surface area (Å²) in [6, 6.07) is 6.01. The first-order chi connectivity index (χ1) is 9.97. The third-order valence-electron chi connectivity index (χ3n) is 2.58. The van der Waals surface area contributed by atoms with Gasteiger partial charge in [-0.3, -0.25) is 0 Å². The lowest BCUT2D eigenvalue weighted by Crippen LogP contribution is -2.31. The summed E-state index contributed by atoms with van der Waals surface area (Å²) in [7, 11) is 0. The number of rotatable bonds is 4. The number of hydrogen-bond donors (Lipinski definition) is 3. The Hall–Kier alpha value is -2.12. The standard InChI is InChI=1S/C13H12ClN3O3S/c1-7(11-16-10(6-21-11)12(18)19)15-13(20)17-9-5-3-2-4-8(9)14/h2-7H,1H3,(H,18,19)(H2,15,17,20). The number of benzene rings is 1. The molecule has 6 nitrogen and oxygen atoms in total. The van der Waals surface area contributed by atoms with Crippen molar-refractivity contribution >= 4 is 40.6 Å². The monoisotopic (exact) mass is 325 g/mol. The van der Waals surface area contributed by atoms with Crippen LogP contribution in [0.15, 0.2) is 29.6 Å². The van der Waals surface area contributed by atoms with Crippen molar-refractivity contribution in [3.63, 3.8) is 0 Å². The second-order valence-corrected chi connectivity index (χ2v) is 5.47. The zero-order valence-corrected chi connectivity index (χ0v) is 12.5. The molecule has 1 aromatic carbocycles. The van der Waals surface area contributed by atoms with Crippen molar-refractivity contribution in [2.75, 3.05) is 5.32 Å². The number of hydrogen-bond acceptors (Lipinski definition) is 4. The van der Waals surface area contributed by atoms with Gasteiger partial charge in [0.1, 0.15) is 5.01 Å². The Labute approximate surface area is 129 Å². The molecular weight excluding hydrogens is 314 g/mol. The summed E-state index contributed by atoms with van der Waals surface area (Å²) < 4.78 is 0. The number of carbonyl (C=O) groups excluding carboxylic acids is 1. The van der Waals surface area contributed by atoms with Crippen molar-refractivity contribution in [2.24, 2.45) is 0 Å². The molecule has 0 spiro atoms. The fourth-order valence-electron chi connectivity index (χ4n) is 1.56. The molecule has 0 aliphatic heterocycles. The minimum atomic E-state index is -1.09. The van der Waals surface area contributed by atoms with Crippen LogP contribution in [0.1, 0.15) is 28.5 Å². The van der Waals surface area contributed by atoms with Crippen LogP contribution in [0.4, 0.5) is 10.5 Å². The number of carboxylic acid groups (broad SMARTS) is 1. The molecule has 8 heteroatoms. The number of amides is 2. The van der Waals surface area contributed by atoms with Crippen LogP contribution in [0, 0.1) is 0 Å². The van der Waals surface area contributed by atoms with E-state index in [0.717, 1.165) is 0 Å². The Balaban J connectivity index is 1.98. The van der Waals surface area contributed by atoms with Crippen LogP contribution in [-0.2, 0) is 0 Å². The van der Waals surface area contributed by atoms with Gasteiger partial charge in [0.2, 0.25) is 0 Å². The average molecular weight is 326 g/mol. The van der Waals surface area contributed by atoms with Crippen LogP contribution in [0.25, 0.3) is 0 Å². The molecule has 1 atom stereocenters. The SMILES string of the molecule is CC(NC(=O)Nc1ccccc1Cl)c1nc(C(=O)O)cs1. The number of aromatic carboxylic acids is 1. The maximum absolute atomic E-state index is 11.9. The van der Waals surface area contributed by atoms with Gasteiger partial charge in [0, 0.05) is 5.38 Å². The lowest BCUT2D eigenvalue weighted by molar-refractivity contribution is 0.0691. The normalized spacial score (nSPS) is 11.7. The highest BCUT2D eigenvalue weighted by molar-refractivity contribution is 7.09. The van der Waals surface area contributed by atoms with Crippen LogP contribution in [0.2, 0.25) is 5.02 Å². The summed E-state index contributed by atoms with van der Waals surface area (Å²) in [6.07, 6.45) is 0. The maximum atomic E-state index is 11.9. The molecule has 2 rings (SSSR count). The van der Waals surface area contributed by atoms with Crippen molar-refractivity contribution in [3.8, 4) is 0 Å². The van der Waals surface area contributed by atoms with Crippen LogP contribution >= 0.6 is 22.9 Å². The molecule has 110 valence electrons. The second kappa shape index (κ2) is 6.55. The van der Waals surface area contributed by atoms with Crippen molar-refractivity contribution < 1.29 is 14.7 Å². The highest BCUT2D eigenvalue weighted by Crippen LogP contribution is 2.21. The number of anilines is 1. The zero-order valence-electron chi connectivity index (χ0n) is 11.0. The molecule has 0 radical (unpaired) electrons. The topological polar surface area (TPSA) is 91.3 Å². The molecule has 0 saturated carbocycles. The second-order valence-electron chi connectivity index (χ2n) is 4.18. The van der Waals surface area contributed by atoms with E-state index in [4.69, 9.17) is 16.7 Å². The molecule has 0 fully saturated rings. The van der Waals surface area contributed by atoms with Crippen molar-refractivity contribution in [3.05, 3.63) is 45.4 Å². The Morgan fingerprint density at radius 3 is 2.71 bits per heavy atom. The van der Waals surface area contributed by atoms with E-state index in [-0.39, 0.29) is 5.69 Å². The third-order valence-corrected chi connectivity index (χ3v) is 3.94. The number of carbonyl (C=O) groups is 2. The number of nitrogens with one attached hydrogen (secondary N) is 2. The van der Waals surface area contributed by atoms with Crippen LogP contribution < -0.4 is 10.6 Å². The molecule has 2 amide bonds. The molecule has 0 bridgehead atoms. The molecule has 0 saturated heterocycles. The highest BCUT2D eigenvalue weighted by Gasteiger charge is 2.16. The van der Waals surface area contributed by atoms with E-state index in [1.165, 1.54) is 16.7 Å². The number of para-hydroxylation sites is 1. The van der Waals surface area contributed by atoms with E-state index in [0.29, 0.717) is 15.7 Å². The molecule has 1 heterocycles. The average Bonchev–Trinajstić information content (AvgIpc) is 2.91. The van der Waals surface area contributed by atoms with E-state index in [9.17, 15) is 9.59 Å². The predicted octanol–water partition coefficient (Wildman–Crippen LogP) is 3.38. The van der Waals surface area contributed by atoms with Crippen LogP contribution in [0.3, 0.4) is 0 Å². The van der Waals surface area contributed by atoms with Gasteiger partial charge in [0.15, 0.2) is 5.69 Å². The minimum absolute atomic E-state index is 0.0323. The van der Waals surface area contributed by atoms with E-state index in [1.54, 1.807) is 31.2 Å². The molecule has 0 aliphatic rings. The Morgan fingerprint density at radius 2 is 2.10 bits per heavy atom. The molecule has 1 unspecified atom stereocenters. The fraction of sp³-hybridized carbons (Fsp3) is 0.154. The van der Waals surface area contributed by atoms with Gasteiger partial charge >= 0.3 is 12.0 Å². The van der Waals surface area contributed by atoms with Gasteiger partial charge in [-0.1, -0.05) is 23.7 Å². The molecule has 0 aliphatic carbocycles. The number of urea groups is 1. The quantitative estimate of drug-likeness (QED) is 0.803. The van der Waals surface area contributed by atoms with Gasteiger partial charge in [-0.25, -0.2) is 14.6 Å². The van der Waals surface area contributed by atoms with E-state index >= 15 is 0 Å². The summed E-state index contributed by atoms with van der Waals surface area (Å²) in [6.45, 7) is 1.72. The van der Waals surface area contributed by atoms with Crippen LogP contribution in [0.5, 0.6) is 0 Å². The fourth-order valence-corrected chi connectivity index (χ4v) is 2.55. The summed E-state index contributed by atoms with van der Waals surface area (Å²) >= 11 is 7.12. The zero-order chi connectivity index (χ0) is 15.4. The third kappa shape index (κ3) is 3.93. The van der Waals surface area contributed by atoms with Gasteiger partial charge in [0.25, 0.3) is 0 Å². The number of nitrogens with zero attached hydrogens (tertiary/aromatic N) is 1. The van der Waals surface area contributed by atoms with Gasteiger partial charge in [0.05, 0.1) is 16.8 Å². The van der Waals surface area contributed by atoms with Crippen molar-refractivity contribution in [1.82, 2.24) is 10.3 Å². The summed E-state index contributed by atoms with van der Waals surface area (Å²) in [5.41, 5.74) is 0.462. The number of thiazole rings is 1. The summed E-state index contributed by atoms with van der Waals surface area (Å²) in [5, 5.41) is 16.5. The van der Waals surface area contributed by atoms with Crippen molar-refractivity contribution in [2.45, 2.75) is 13.0 Å². The number of carboxylic acids is 1. The lowest BCUT2D eigenvalue weighted by Gasteiger charge is -2.13. The van der Waals surface area contributed by atoms with Crippen LogP contribution in [-0.4, -0.2) is 22.1 Å². The highest BCUT2D eigenvalue weighted by atomic mass is 35.5. The van der Waals surface area contributed by atoms with Gasteiger partial charge in [-0.05, 0) is 19.1 Å². The summed E-state index contributed by atoms with van der Waals surface area (Å²) in [4.78, 5) is 26.6. The Morgan fingerprint density at radius 1 is 1.38 bits per heavy atom. The maximum Gasteiger partial charge on any atom is 0.355 e. The first kappa shape index (κ1) is 15.3. The Kier molecular flexibility index (Phi) is 4.77. The largest absolute Gasteiger partial charge is 0.476 e. The minimum Gasteiger partial charge on any atom is -0.476 e. The summed E-state index contributed by atoms with van der Waals surface area (Å²) in [5.74, 6) is -1.09. The first-order valence-corrected chi connectivity index (χ1v) is 7.24. The van der Waals surface area contributed by atoms with E-state index in [1.807, 2.05) is 0 Å². The molecule has 2 aromatic rings. The first-order valence-electron chi connectivity index (χ1n) is 5.98. The van der Waals surface area contributed by atoms with Gasteiger partial charge in [-0.15, -0.1) is 11.3 Å². The smallest absolute Gasteiger partial charge is 0.355 e. The van der Waals surface area contributed by atoms with Gasteiger partial charge in [-0.2, -0.15) is 0 Å². The molecule has 3 N–H and O–H groups in total. The predicted molar refractivity (Wildman–Crippen MR) is 81.1 cm³/mol.